The van der Waals surface area contributed by atoms with E-state index in [2.05, 4.69) is 6.92 Å². The van der Waals surface area contributed by atoms with E-state index in [0.29, 0.717) is 6.54 Å². The average molecular weight is 157 g/mol. The Morgan fingerprint density at radius 3 is 2.91 bits per heavy atom. The van der Waals surface area contributed by atoms with Gasteiger partial charge in [-0.3, -0.25) is 5.01 Å². The molecule has 4 heteroatoms. The maximum atomic E-state index is 11.2. The van der Waals surface area contributed by atoms with E-state index in [1.807, 2.05) is 0 Å². The van der Waals surface area contributed by atoms with Crippen LogP contribution in [0.1, 0.15) is 19.8 Å². The number of urea groups is 1. The minimum absolute atomic E-state index is 0.0295. The summed E-state index contributed by atoms with van der Waals surface area (Å²) in [6.07, 6.45) is 1.99. The van der Waals surface area contributed by atoms with Gasteiger partial charge in [-0.15, -0.1) is 0 Å². The van der Waals surface area contributed by atoms with E-state index < -0.39 is 0 Å². The molecule has 11 heavy (non-hydrogen) atoms. The van der Waals surface area contributed by atoms with Crippen molar-refractivity contribution in [3.8, 4) is 0 Å². The summed E-state index contributed by atoms with van der Waals surface area (Å²) in [7, 11) is 0. The van der Waals surface area contributed by atoms with Gasteiger partial charge in [-0.05, 0) is 12.8 Å². The minimum Gasteiger partial charge on any atom is -0.323 e. The lowest BCUT2D eigenvalue weighted by atomic mass is 10.3. The molecule has 0 aliphatic carbocycles. The van der Waals surface area contributed by atoms with Gasteiger partial charge in [-0.1, -0.05) is 6.92 Å². The molecule has 0 unspecified atom stereocenters. The quantitative estimate of drug-likeness (QED) is 0.466. The molecule has 1 heterocycles. The van der Waals surface area contributed by atoms with E-state index in [1.165, 1.54) is 5.01 Å². The Labute approximate surface area is 66.9 Å². The van der Waals surface area contributed by atoms with E-state index in [0.717, 1.165) is 25.9 Å². The second-order valence-corrected chi connectivity index (χ2v) is 2.82. The van der Waals surface area contributed by atoms with Crippen molar-refractivity contribution < 1.29 is 4.79 Å². The third-order valence-electron chi connectivity index (χ3n) is 1.84. The Morgan fingerprint density at radius 1 is 1.55 bits per heavy atom. The monoisotopic (exact) mass is 157 g/mol. The summed E-state index contributed by atoms with van der Waals surface area (Å²) in [5.41, 5.74) is 0. The van der Waals surface area contributed by atoms with E-state index in [-0.39, 0.29) is 6.03 Å². The van der Waals surface area contributed by atoms with Crippen LogP contribution >= 0.6 is 0 Å². The zero-order valence-electron chi connectivity index (χ0n) is 6.92. The summed E-state index contributed by atoms with van der Waals surface area (Å²) in [6, 6.07) is -0.0295. The number of rotatable bonds is 2. The molecule has 1 saturated heterocycles. The Hall–Kier alpha value is -0.770. The van der Waals surface area contributed by atoms with Crippen LogP contribution in [0.2, 0.25) is 0 Å². The fourth-order valence-electron chi connectivity index (χ4n) is 1.28. The first-order valence-electron chi connectivity index (χ1n) is 4.07. The third-order valence-corrected chi connectivity index (χ3v) is 1.84. The maximum Gasteiger partial charge on any atom is 0.334 e. The summed E-state index contributed by atoms with van der Waals surface area (Å²) in [6.45, 7) is 4.44. The molecule has 0 bridgehead atoms. The van der Waals surface area contributed by atoms with Crippen LogP contribution in [-0.4, -0.2) is 35.6 Å². The molecule has 0 aromatic heterocycles. The molecule has 0 radical (unpaired) electrons. The molecule has 1 rings (SSSR count). The van der Waals surface area contributed by atoms with Crippen LogP contribution in [0.25, 0.3) is 0 Å². The Kier molecular flexibility index (Phi) is 2.70. The lowest BCUT2D eigenvalue weighted by Crippen LogP contribution is -2.52. The summed E-state index contributed by atoms with van der Waals surface area (Å²) < 4.78 is 0. The second-order valence-electron chi connectivity index (χ2n) is 2.82. The van der Waals surface area contributed by atoms with Crippen molar-refractivity contribution in [2.24, 2.45) is 5.84 Å². The number of nitrogens with zero attached hydrogens (tertiary/aromatic N) is 2. The first-order chi connectivity index (χ1) is 5.25. The van der Waals surface area contributed by atoms with Gasteiger partial charge < -0.3 is 4.90 Å². The van der Waals surface area contributed by atoms with Crippen molar-refractivity contribution in [3.63, 3.8) is 0 Å². The summed E-state index contributed by atoms with van der Waals surface area (Å²) in [5.74, 6) is 5.44. The van der Waals surface area contributed by atoms with Gasteiger partial charge in [0.25, 0.3) is 0 Å². The lowest BCUT2D eigenvalue weighted by molar-refractivity contribution is 0.130. The van der Waals surface area contributed by atoms with Crippen molar-refractivity contribution >= 4 is 6.03 Å². The highest BCUT2D eigenvalue weighted by Gasteiger charge is 2.21. The lowest BCUT2D eigenvalue weighted by Gasteiger charge is -2.32. The van der Waals surface area contributed by atoms with Gasteiger partial charge in [0.2, 0.25) is 0 Å². The van der Waals surface area contributed by atoms with Gasteiger partial charge in [-0.2, -0.15) is 0 Å². The molecule has 2 N–H and O–H groups in total. The van der Waals surface area contributed by atoms with Gasteiger partial charge in [0, 0.05) is 19.6 Å². The number of carbonyl (C=O) groups is 1. The number of nitrogens with two attached hydrogens (primary N) is 1. The summed E-state index contributed by atoms with van der Waals surface area (Å²) in [5, 5.41) is 1.29. The van der Waals surface area contributed by atoms with Crippen molar-refractivity contribution in [1.82, 2.24) is 9.91 Å². The first kappa shape index (κ1) is 8.33. The number of carbonyl (C=O) groups excluding carboxylic acids is 1. The number of amides is 2. The van der Waals surface area contributed by atoms with Crippen LogP contribution < -0.4 is 5.84 Å². The van der Waals surface area contributed by atoms with Gasteiger partial charge in [0.05, 0.1) is 0 Å². The molecule has 0 aromatic rings. The third kappa shape index (κ3) is 1.83. The predicted molar refractivity (Wildman–Crippen MR) is 42.8 cm³/mol. The normalized spacial score (nSPS) is 19.3. The van der Waals surface area contributed by atoms with Crippen molar-refractivity contribution in [2.75, 3.05) is 19.6 Å². The molecule has 0 saturated carbocycles. The smallest absolute Gasteiger partial charge is 0.323 e. The minimum atomic E-state index is -0.0295. The highest BCUT2D eigenvalue weighted by Crippen LogP contribution is 2.05. The molecule has 0 aromatic carbocycles. The van der Waals surface area contributed by atoms with Crippen molar-refractivity contribution in [1.29, 1.82) is 0 Å². The van der Waals surface area contributed by atoms with Crippen LogP contribution in [0.4, 0.5) is 4.79 Å². The van der Waals surface area contributed by atoms with Gasteiger partial charge in [-0.25, -0.2) is 10.6 Å². The molecule has 1 aliphatic rings. The Balaban J connectivity index is 2.44. The molecule has 1 fully saturated rings. The predicted octanol–water partition coefficient (Wildman–Crippen LogP) is 0.398. The molecule has 64 valence electrons. The van der Waals surface area contributed by atoms with Crippen LogP contribution in [0, 0.1) is 0 Å². The van der Waals surface area contributed by atoms with Gasteiger partial charge >= 0.3 is 6.03 Å². The van der Waals surface area contributed by atoms with Gasteiger partial charge in [0.15, 0.2) is 0 Å². The largest absolute Gasteiger partial charge is 0.334 e. The van der Waals surface area contributed by atoms with Crippen LogP contribution in [0.3, 0.4) is 0 Å². The molecule has 2 amide bonds. The Morgan fingerprint density at radius 2 is 2.27 bits per heavy atom. The maximum absolute atomic E-state index is 11.2. The Bertz CT molecular complexity index is 147. The highest BCUT2D eigenvalue weighted by molar-refractivity contribution is 5.74. The van der Waals surface area contributed by atoms with Crippen LogP contribution in [0.15, 0.2) is 0 Å². The fourth-order valence-corrected chi connectivity index (χ4v) is 1.28. The number of hydrogen-bond donors (Lipinski definition) is 1. The molecule has 0 spiro atoms. The molecule has 0 atom stereocenters. The summed E-state index contributed by atoms with van der Waals surface area (Å²) >= 11 is 0. The first-order valence-corrected chi connectivity index (χ1v) is 4.07. The highest BCUT2D eigenvalue weighted by atomic mass is 16.2. The molecular formula is C7H15N3O. The van der Waals surface area contributed by atoms with E-state index in [1.54, 1.807) is 4.90 Å². The fraction of sp³-hybridized carbons (Fsp3) is 0.857. The SMILES string of the molecule is CCCN1CCCN(N)C1=O. The average Bonchev–Trinajstić information content (AvgIpc) is 1.99. The topological polar surface area (TPSA) is 49.6 Å². The molecule has 4 nitrogen and oxygen atoms in total. The summed E-state index contributed by atoms with van der Waals surface area (Å²) in [4.78, 5) is 13.0. The van der Waals surface area contributed by atoms with E-state index >= 15 is 0 Å². The van der Waals surface area contributed by atoms with Crippen LogP contribution in [0.5, 0.6) is 0 Å². The second kappa shape index (κ2) is 3.57. The molecule has 1 aliphatic heterocycles. The number of hydrogen-bond acceptors (Lipinski definition) is 2. The van der Waals surface area contributed by atoms with E-state index in [4.69, 9.17) is 5.84 Å². The van der Waals surface area contributed by atoms with Gasteiger partial charge in [0.1, 0.15) is 0 Å². The van der Waals surface area contributed by atoms with E-state index in [9.17, 15) is 4.79 Å². The van der Waals surface area contributed by atoms with Crippen LogP contribution in [-0.2, 0) is 0 Å². The zero-order valence-corrected chi connectivity index (χ0v) is 6.92. The van der Waals surface area contributed by atoms with Crippen molar-refractivity contribution in [2.45, 2.75) is 19.8 Å². The molecular weight excluding hydrogens is 142 g/mol. The standard InChI is InChI=1S/C7H15N3O/c1-2-4-9-5-3-6-10(8)7(9)11/h2-6,8H2,1H3. The zero-order chi connectivity index (χ0) is 8.27. The number of hydrazine groups is 1. The van der Waals surface area contributed by atoms with Crippen molar-refractivity contribution in [3.05, 3.63) is 0 Å².